The van der Waals surface area contributed by atoms with Crippen LogP contribution < -0.4 is 5.32 Å². The van der Waals surface area contributed by atoms with Gasteiger partial charge in [-0.1, -0.05) is 13.8 Å². The molecule has 0 aromatic rings. The van der Waals surface area contributed by atoms with E-state index in [4.69, 9.17) is 0 Å². The fourth-order valence-corrected chi connectivity index (χ4v) is 1.13. The van der Waals surface area contributed by atoms with Gasteiger partial charge in [-0.05, 0) is 31.7 Å². The lowest BCUT2D eigenvalue weighted by atomic mass is 9.97. The SMILES string of the molecule is CC(C)CCC1CCN1. The van der Waals surface area contributed by atoms with Crippen molar-refractivity contribution >= 4 is 0 Å². The number of hydrogen-bond acceptors (Lipinski definition) is 1. The third-order valence-corrected chi connectivity index (χ3v) is 2.02. The first-order chi connectivity index (χ1) is 4.29. The second-order valence-electron chi connectivity index (χ2n) is 3.41. The summed E-state index contributed by atoms with van der Waals surface area (Å²) in [5, 5.41) is 3.40. The highest BCUT2D eigenvalue weighted by molar-refractivity contribution is 4.76. The van der Waals surface area contributed by atoms with E-state index < -0.39 is 0 Å². The van der Waals surface area contributed by atoms with E-state index in [1.54, 1.807) is 0 Å². The van der Waals surface area contributed by atoms with Gasteiger partial charge in [-0.3, -0.25) is 0 Å². The van der Waals surface area contributed by atoms with Gasteiger partial charge in [-0.25, -0.2) is 0 Å². The molecular weight excluding hydrogens is 110 g/mol. The second kappa shape index (κ2) is 3.21. The molecule has 0 aromatic heterocycles. The van der Waals surface area contributed by atoms with Crippen LogP contribution in [0.15, 0.2) is 0 Å². The Kier molecular flexibility index (Phi) is 2.52. The average molecular weight is 127 g/mol. The molecule has 1 unspecified atom stereocenters. The molecule has 1 heterocycles. The molecule has 0 aromatic carbocycles. The summed E-state index contributed by atoms with van der Waals surface area (Å²) in [5.74, 6) is 0.882. The first-order valence-corrected chi connectivity index (χ1v) is 4.02. The zero-order valence-corrected chi connectivity index (χ0v) is 6.48. The molecule has 1 fully saturated rings. The van der Waals surface area contributed by atoms with Gasteiger partial charge in [-0.2, -0.15) is 0 Å². The minimum absolute atomic E-state index is 0.868. The zero-order chi connectivity index (χ0) is 6.69. The second-order valence-corrected chi connectivity index (χ2v) is 3.41. The van der Waals surface area contributed by atoms with Crippen LogP contribution in [0.5, 0.6) is 0 Å². The summed E-state index contributed by atoms with van der Waals surface area (Å²) in [6.45, 7) is 5.83. The van der Waals surface area contributed by atoms with E-state index in [1.807, 2.05) is 0 Å². The molecule has 9 heavy (non-hydrogen) atoms. The Labute approximate surface area is 57.8 Å². The summed E-state index contributed by atoms with van der Waals surface area (Å²) in [6.07, 6.45) is 4.18. The van der Waals surface area contributed by atoms with E-state index in [1.165, 1.54) is 25.8 Å². The van der Waals surface area contributed by atoms with Crippen LogP contribution in [0.1, 0.15) is 33.1 Å². The molecule has 54 valence electrons. The van der Waals surface area contributed by atoms with E-state index in [0.717, 1.165) is 12.0 Å². The van der Waals surface area contributed by atoms with Crippen LogP contribution in [-0.2, 0) is 0 Å². The van der Waals surface area contributed by atoms with Gasteiger partial charge >= 0.3 is 0 Å². The molecule has 0 bridgehead atoms. The van der Waals surface area contributed by atoms with Gasteiger partial charge in [0.25, 0.3) is 0 Å². The third-order valence-electron chi connectivity index (χ3n) is 2.02. The molecular formula is C8H17N. The highest BCUT2D eigenvalue weighted by atomic mass is 15.0. The largest absolute Gasteiger partial charge is 0.314 e. The molecule has 1 heteroatoms. The molecule has 1 atom stereocenters. The molecule has 0 saturated carbocycles. The van der Waals surface area contributed by atoms with E-state index in [-0.39, 0.29) is 0 Å². The van der Waals surface area contributed by atoms with Crippen LogP contribution in [0.4, 0.5) is 0 Å². The van der Waals surface area contributed by atoms with Crippen LogP contribution >= 0.6 is 0 Å². The molecule has 1 aliphatic rings. The Morgan fingerprint density at radius 3 is 2.56 bits per heavy atom. The Morgan fingerprint density at radius 2 is 2.22 bits per heavy atom. The van der Waals surface area contributed by atoms with Crippen LogP contribution in [0.2, 0.25) is 0 Å². The van der Waals surface area contributed by atoms with E-state index in [9.17, 15) is 0 Å². The van der Waals surface area contributed by atoms with Crippen LogP contribution in [0.3, 0.4) is 0 Å². The first kappa shape index (κ1) is 7.07. The Bertz CT molecular complexity index is 74.6. The van der Waals surface area contributed by atoms with Crippen molar-refractivity contribution in [1.29, 1.82) is 0 Å². The van der Waals surface area contributed by atoms with Crippen LogP contribution in [0.25, 0.3) is 0 Å². The average Bonchev–Trinajstić information content (AvgIpc) is 1.60. The summed E-state index contributed by atoms with van der Waals surface area (Å²) in [4.78, 5) is 0. The predicted octanol–water partition coefficient (Wildman–Crippen LogP) is 1.78. The lowest BCUT2D eigenvalue weighted by Gasteiger charge is -2.28. The molecule has 1 saturated heterocycles. The monoisotopic (exact) mass is 127 g/mol. The molecule has 1 aliphatic heterocycles. The van der Waals surface area contributed by atoms with Crippen molar-refractivity contribution in [3.63, 3.8) is 0 Å². The van der Waals surface area contributed by atoms with E-state index in [0.29, 0.717) is 0 Å². The third kappa shape index (κ3) is 2.35. The quantitative estimate of drug-likeness (QED) is 0.609. The predicted molar refractivity (Wildman–Crippen MR) is 40.5 cm³/mol. The maximum atomic E-state index is 3.40. The van der Waals surface area contributed by atoms with Crippen molar-refractivity contribution in [1.82, 2.24) is 5.32 Å². The molecule has 0 amide bonds. The van der Waals surface area contributed by atoms with E-state index in [2.05, 4.69) is 19.2 Å². The van der Waals surface area contributed by atoms with Gasteiger partial charge in [0, 0.05) is 6.04 Å². The van der Waals surface area contributed by atoms with Gasteiger partial charge in [0.15, 0.2) is 0 Å². The topological polar surface area (TPSA) is 12.0 Å². The van der Waals surface area contributed by atoms with Gasteiger partial charge < -0.3 is 5.32 Å². The number of hydrogen-bond donors (Lipinski definition) is 1. The van der Waals surface area contributed by atoms with E-state index >= 15 is 0 Å². The molecule has 0 spiro atoms. The minimum Gasteiger partial charge on any atom is -0.314 e. The molecule has 1 rings (SSSR count). The number of nitrogens with one attached hydrogen (secondary N) is 1. The standard InChI is InChI=1S/C8H17N/c1-7(2)3-4-8-5-6-9-8/h7-9H,3-6H2,1-2H3. The highest BCUT2D eigenvalue weighted by Crippen LogP contribution is 2.12. The fraction of sp³-hybridized carbons (Fsp3) is 1.00. The first-order valence-electron chi connectivity index (χ1n) is 4.02. The van der Waals surface area contributed by atoms with Gasteiger partial charge in [-0.15, -0.1) is 0 Å². The maximum absolute atomic E-state index is 3.40. The van der Waals surface area contributed by atoms with Crippen molar-refractivity contribution in [2.45, 2.75) is 39.2 Å². The highest BCUT2D eigenvalue weighted by Gasteiger charge is 2.15. The van der Waals surface area contributed by atoms with Crippen molar-refractivity contribution in [2.75, 3.05) is 6.54 Å². The fourth-order valence-electron chi connectivity index (χ4n) is 1.13. The smallest absolute Gasteiger partial charge is 0.00792 e. The summed E-state index contributed by atoms with van der Waals surface area (Å²) >= 11 is 0. The summed E-state index contributed by atoms with van der Waals surface area (Å²) in [6, 6.07) is 0.868. The van der Waals surface area contributed by atoms with Gasteiger partial charge in [0.2, 0.25) is 0 Å². The minimum atomic E-state index is 0.868. The Hall–Kier alpha value is -0.0400. The molecule has 1 nitrogen and oxygen atoms in total. The molecule has 1 N–H and O–H groups in total. The lowest BCUT2D eigenvalue weighted by Crippen LogP contribution is -2.42. The molecule has 0 aliphatic carbocycles. The Balaban J connectivity index is 1.91. The normalized spacial score (nSPS) is 26.3. The summed E-state index contributed by atoms with van der Waals surface area (Å²) in [5.41, 5.74) is 0. The zero-order valence-electron chi connectivity index (χ0n) is 6.48. The summed E-state index contributed by atoms with van der Waals surface area (Å²) < 4.78 is 0. The van der Waals surface area contributed by atoms with Crippen molar-refractivity contribution < 1.29 is 0 Å². The summed E-state index contributed by atoms with van der Waals surface area (Å²) in [7, 11) is 0. The number of rotatable bonds is 3. The molecule has 0 radical (unpaired) electrons. The van der Waals surface area contributed by atoms with Crippen molar-refractivity contribution in [3.8, 4) is 0 Å². The maximum Gasteiger partial charge on any atom is 0.00792 e. The van der Waals surface area contributed by atoms with Crippen molar-refractivity contribution in [3.05, 3.63) is 0 Å². The van der Waals surface area contributed by atoms with Crippen LogP contribution in [0, 0.1) is 5.92 Å². The van der Waals surface area contributed by atoms with Crippen molar-refractivity contribution in [2.24, 2.45) is 5.92 Å². The Morgan fingerprint density at radius 1 is 1.56 bits per heavy atom. The lowest BCUT2D eigenvalue weighted by molar-refractivity contribution is 0.328. The van der Waals surface area contributed by atoms with Gasteiger partial charge in [0.1, 0.15) is 0 Å². The van der Waals surface area contributed by atoms with Crippen LogP contribution in [-0.4, -0.2) is 12.6 Å². The van der Waals surface area contributed by atoms with Gasteiger partial charge in [0.05, 0.1) is 0 Å².